The minimum absolute atomic E-state index is 0.312. The molecule has 100 valence electrons. The number of nitrogens with one attached hydrogen (secondary N) is 1. The smallest absolute Gasteiger partial charge is 0.196 e. The molecule has 1 aliphatic carbocycles. The van der Waals surface area contributed by atoms with Crippen molar-refractivity contribution in [3.05, 3.63) is 40.6 Å². The molecule has 0 atom stereocenters. The second-order valence-electron chi connectivity index (χ2n) is 4.72. The molecule has 2 aromatic rings. The molecule has 0 bridgehead atoms. The van der Waals surface area contributed by atoms with Crippen LogP contribution in [-0.4, -0.2) is 17.6 Å². The maximum absolute atomic E-state index is 13.8. The molecule has 0 aliphatic heterocycles. The topological polar surface area (TPSA) is 38.1 Å². The molecule has 1 saturated carbocycles. The van der Waals surface area contributed by atoms with E-state index in [2.05, 4.69) is 26.2 Å². The van der Waals surface area contributed by atoms with Crippen LogP contribution in [0.3, 0.4) is 0 Å². The van der Waals surface area contributed by atoms with Crippen LogP contribution in [0.1, 0.15) is 18.7 Å². The van der Waals surface area contributed by atoms with E-state index in [1.165, 1.54) is 18.9 Å². The molecular weight excluding hydrogens is 311 g/mol. The molecule has 3 rings (SSSR count). The predicted octanol–water partition coefficient (Wildman–Crippen LogP) is 3.54. The largest absolute Gasteiger partial charge is 0.441 e. The third kappa shape index (κ3) is 3.22. The average molecular weight is 325 g/mol. The van der Waals surface area contributed by atoms with Crippen LogP contribution in [0.5, 0.6) is 0 Å². The van der Waals surface area contributed by atoms with Gasteiger partial charge in [0.25, 0.3) is 0 Å². The van der Waals surface area contributed by atoms with E-state index in [9.17, 15) is 4.39 Å². The van der Waals surface area contributed by atoms with Gasteiger partial charge in [-0.25, -0.2) is 9.37 Å². The van der Waals surface area contributed by atoms with Crippen LogP contribution in [0.25, 0.3) is 11.3 Å². The van der Waals surface area contributed by atoms with Gasteiger partial charge in [-0.2, -0.15) is 0 Å². The van der Waals surface area contributed by atoms with E-state index in [-0.39, 0.29) is 5.82 Å². The molecule has 1 aromatic carbocycles. The molecule has 1 aromatic heterocycles. The summed E-state index contributed by atoms with van der Waals surface area (Å²) in [7, 11) is 0. The first-order valence-corrected chi connectivity index (χ1v) is 7.15. The lowest BCUT2D eigenvalue weighted by Gasteiger charge is -2.00. The first kappa shape index (κ1) is 12.8. The highest BCUT2D eigenvalue weighted by atomic mass is 79.9. The molecule has 0 saturated heterocycles. The number of oxazole rings is 1. The summed E-state index contributed by atoms with van der Waals surface area (Å²) in [5.74, 6) is 0.810. The Labute approximate surface area is 119 Å². The SMILES string of the molecule is Fc1cc(Br)ccc1-c1cnc(CCNC2CC2)o1. The summed E-state index contributed by atoms with van der Waals surface area (Å²) in [6, 6.07) is 5.58. The molecule has 0 amide bonds. The van der Waals surface area contributed by atoms with E-state index in [1.54, 1.807) is 18.3 Å². The lowest BCUT2D eigenvalue weighted by atomic mass is 10.2. The highest BCUT2D eigenvalue weighted by Gasteiger charge is 2.20. The number of halogens is 2. The fourth-order valence-corrected chi connectivity index (χ4v) is 2.24. The Balaban J connectivity index is 1.68. The summed E-state index contributed by atoms with van der Waals surface area (Å²) in [6.07, 6.45) is 4.84. The van der Waals surface area contributed by atoms with Crippen LogP contribution >= 0.6 is 15.9 Å². The number of aromatic nitrogens is 1. The second kappa shape index (κ2) is 5.43. The summed E-state index contributed by atoms with van der Waals surface area (Å²) in [6.45, 7) is 0.855. The Morgan fingerprint density at radius 2 is 2.26 bits per heavy atom. The molecule has 0 radical (unpaired) electrons. The van der Waals surface area contributed by atoms with Gasteiger partial charge in [0.05, 0.1) is 11.8 Å². The van der Waals surface area contributed by atoms with Crippen molar-refractivity contribution in [2.45, 2.75) is 25.3 Å². The van der Waals surface area contributed by atoms with E-state index in [0.29, 0.717) is 27.7 Å². The van der Waals surface area contributed by atoms with Gasteiger partial charge in [-0.15, -0.1) is 0 Å². The van der Waals surface area contributed by atoms with Crippen molar-refractivity contribution in [2.24, 2.45) is 0 Å². The fourth-order valence-electron chi connectivity index (χ4n) is 1.91. The zero-order chi connectivity index (χ0) is 13.2. The summed E-state index contributed by atoms with van der Waals surface area (Å²) in [5.41, 5.74) is 0.442. The summed E-state index contributed by atoms with van der Waals surface area (Å²) in [4.78, 5) is 4.19. The van der Waals surface area contributed by atoms with Gasteiger partial charge in [0, 0.05) is 23.5 Å². The van der Waals surface area contributed by atoms with Crippen LogP contribution < -0.4 is 5.32 Å². The van der Waals surface area contributed by atoms with E-state index in [0.717, 1.165) is 13.0 Å². The molecule has 1 N–H and O–H groups in total. The molecule has 1 aliphatic rings. The quantitative estimate of drug-likeness (QED) is 0.914. The third-order valence-electron chi connectivity index (χ3n) is 3.10. The molecule has 1 heterocycles. The number of hydrogen-bond acceptors (Lipinski definition) is 3. The Morgan fingerprint density at radius 1 is 1.42 bits per heavy atom. The predicted molar refractivity (Wildman–Crippen MR) is 74.3 cm³/mol. The van der Waals surface area contributed by atoms with Gasteiger partial charge in [-0.3, -0.25) is 0 Å². The van der Waals surface area contributed by atoms with Crippen LogP contribution in [-0.2, 0) is 6.42 Å². The first-order chi connectivity index (χ1) is 9.22. The standard InChI is InChI=1S/C14H14BrFN2O/c15-9-1-4-11(12(16)7-9)13-8-18-14(19-13)5-6-17-10-2-3-10/h1,4,7-8,10,17H,2-3,5-6H2. The van der Waals surface area contributed by atoms with Gasteiger partial charge < -0.3 is 9.73 Å². The molecule has 1 fully saturated rings. The monoisotopic (exact) mass is 324 g/mol. The van der Waals surface area contributed by atoms with Gasteiger partial charge in [-0.05, 0) is 31.0 Å². The third-order valence-corrected chi connectivity index (χ3v) is 3.59. The molecule has 19 heavy (non-hydrogen) atoms. The number of hydrogen-bond donors (Lipinski definition) is 1. The van der Waals surface area contributed by atoms with E-state index in [1.807, 2.05) is 0 Å². The van der Waals surface area contributed by atoms with Crippen LogP contribution in [0.2, 0.25) is 0 Å². The minimum atomic E-state index is -0.312. The van der Waals surface area contributed by atoms with Crippen LogP contribution in [0.15, 0.2) is 33.3 Å². The summed E-state index contributed by atoms with van der Waals surface area (Å²) in [5, 5.41) is 3.39. The summed E-state index contributed by atoms with van der Waals surface area (Å²) < 4.78 is 20.1. The summed E-state index contributed by atoms with van der Waals surface area (Å²) >= 11 is 3.23. The zero-order valence-electron chi connectivity index (χ0n) is 10.3. The minimum Gasteiger partial charge on any atom is -0.441 e. The van der Waals surface area contributed by atoms with Crippen molar-refractivity contribution >= 4 is 15.9 Å². The number of benzene rings is 1. The number of rotatable bonds is 5. The van der Waals surface area contributed by atoms with Crippen LogP contribution in [0, 0.1) is 5.82 Å². The molecule has 5 heteroatoms. The van der Waals surface area contributed by atoms with Crippen molar-refractivity contribution in [1.82, 2.24) is 10.3 Å². The highest BCUT2D eigenvalue weighted by molar-refractivity contribution is 9.10. The van der Waals surface area contributed by atoms with Crippen molar-refractivity contribution < 1.29 is 8.81 Å². The Hall–Kier alpha value is -1.20. The van der Waals surface area contributed by atoms with E-state index in [4.69, 9.17) is 4.42 Å². The van der Waals surface area contributed by atoms with E-state index < -0.39 is 0 Å². The Kier molecular flexibility index (Phi) is 3.66. The lowest BCUT2D eigenvalue weighted by Crippen LogP contribution is -2.19. The van der Waals surface area contributed by atoms with Gasteiger partial charge >= 0.3 is 0 Å². The lowest BCUT2D eigenvalue weighted by molar-refractivity contribution is 0.491. The highest BCUT2D eigenvalue weighted by Crippen LogP contribution is 2.26. The zero-order valence-corrected chi connectivity index (χ0v) is 11.9. The van der Waals surface area contributed by atoms with Gasteiger partial charge in [0.2, 0.25) is 0 Å². The molecular formula is C14H14BrFN2O. The molecule has 0 unspecified atom stereocenters. The maximum atomic E-state index is 13.8. The number of nitrogens with zero attached hydrogens (tertiary/aromatic N) is 1. The van der Waals surface area contributed by atoms with Crippen molar-refractivity contribution in [3.8, 4) is 11.3 Å². The maximum Gasteiger partial charge on any atom is 0.196 e. The first-order valence-electron chi connectivity index (χ1n) is 6.36. The van der Waals surface area contributed by atoms with Crippen molar-refractivity contribution in [1.29, 1.82) is 0 Å². The fraction of sp³-hybridized carbons (Fsp3) is 0.357. The van der Waals surface area contributed by atoms with Crippen molar-refractivity contribution in [3.63, 3.8) is 0 Å². The van der Waals surface area contributed by atoms with Crippen LogP contribution in [0.4, 0.5) is 4.39 Å². The van der Waals surface area contributed by atoms with E-state index >= 15 is 0 Å². The molecule has 3 nitrogen and oxygen atoms in total. The molecule has 0 spiro atoms. The van der Waals surface area contributed by atoms with Gasteiger partial charge in [0.15, 0.2) is 11.7 Å². The Morgan fingerprint density at radius 3 is 3.00 bits per heavy atom. The Bertz CT molecular complexity index is 581. The average Bonchev–Trinajstić information content (AvgIpc) is 3.07. The van der Waals surface area contributed by atoms with Gasteiger partial charge in [-0.1, -0.05) is 15.9 Å². The van der Waals surface area contributed by atoms with Gasteiger partial charge in [0.1, 0.15) is 5.82 Å². The second-order valence-corrected chi connectivity index (χ2v) is 5.64. The van der Waals surface area contributed by atoms with Crippen molar-refractivity contribution in [2.75, 3.05) is 6.54 Å². The normalized spacial score (nSPS) is 14.8.